The molecule has 2 aliphatic rings. The van der Waals surface area contributed by atoms with E-state index in [1.807, 2.05) is 27.9 Å². The quantitative estimate of drug-likeness (QED) is 0.623. The zero-order valence-corrected chi connectivity index (χ0v) is 11.4. The maximum atomic E-state index is 11.9. The summed E-state index contributed by atoms with van der Waals surface area (Å²) < 4.78 is 0. The predicted molar refractivity (Wildman–Crippen MR) is 67.5 cm³/mol. The molecule has 2 amide bonds. The van der Waals surface area contributed by atoms with Gasteiger partial charge in [0, 0.05) is 26.2 Å². The minimum absolute atomic E-state index is 0.203. The molecule has 2 rings (SSSR count). The molecule has 0 N–H and O–H groups in total. The van der Waals surface area contributed by atoms with Gasteiger partial charge in [-0.25, -0.2) is 4.79 Å². The van der Waals surface area contributed by atoms with Gasteiger partial charge in [0.15, 0.2) is 0 Å². The molecule has 94 valence electrons. The standard InChI is InChI=1S/C11H20N2O.C2H6/c1-9-4-7-13(10(14)12(2)3)11(8-9)5-6-11;1-2/h9H,4-8H2,1-3H3;1-2H3. The minimum atomic E-state index is 0.203. The van der Waals surface area contributed by atoms with Gasteiger partial charge in [0.25, 0.3) is 0 Å². The van der Waals surface area contributed by atoms with Crippen molar-refractivity contribution in [2.45, 2.75) is 52.0 Å². The first kappa shape index (κ1) is 13.3. The third kappa shape index (κ3) is 2.50. The van der Waals surface area contributed by atoms with Crippen LogP contribution in [-0.4, -0.2) is 42.0 Å². The fourth-order valence-corrected chi connectivity index (χ4v) is 2.61. The molecule has 0 bridgehead atoms. The Kier molecular flexibility index (Phi) is 4.22. The molecule has 1 saturated carbocycles. The van der Waals surface area contributed by atoms with Crippen LogP contribution in [-0.2, 0) is 0 Å². The van der Waals surface area contributed by atoms with E-state index in [1.165, 1.54) is 25.7 Å². The molecule has 1 aliphatic carbocycles. The smallest absolute Gasteiger partial charge is 0.319 e. The summed E-state index contributed by atoms with van der Waals surface area (Å²) in [6.07, 6.45) is 4.82. The first-order chi connectivity index (χ1) is 7.55. The van der Waals surface area contributed by atoms with Crippen molar-refractivity contribution in [2.75, 3.05) is 20.6 Å². The number of rotatable bonds is 0. The molecule has 16 heavy (non-hydrogen) atoms. The summed E-state index contributed by atoms with van der Waals surface area (Å²) in [6, 6.07) is 0.203. The van der Waals surface area contributed by atoms with E-state index in [4.69, 9.17) is 0 Å². The van der Waals surface area contributed by atoms with Crippen LogP contribution in [0.15, 0.2) is 0 Å². The lowest BCUT2D eigenvalue weighted by molar-refractivity contribution is 0.101. The van der Waals surface area contributed by atoms with Crippen LogP contribution < -0.4 is 0 Å². The highest BCUT2D eigenvalue weighted by atomic mass is 16.2. The van der Waals surface area contributed by atoms with Crippen molar-refractivity contribution in [3.8, 4) is 0 Å². The van der Waals surface area contributed by atoms with E-state index < -0.39 is 0 Å². The molecule has 1 unspecified atom stereocenters. The summed E-state index contributed by atoms with van der Waals surface area (Å²) in [6.45, 7) is 7.26. The number of hydrogen-bond acceptors (Lipinski definition) is 1. The van der Waals surface area contributed by atoms with Crippen LogP contribution in [0.5, 0.6) is 0 Å². The maximum Gasteiger partial charge on any atom is 0.319 e. The highest BCUT2D eigenvalue weighted by Crippen LogP contribution is 2.50. The second-order valence-electron chi connectivity index (χ2n) is 5.15. The molecular formula is C13H26N2O. The second kappa shape index (κ2) is 5.07. The van der Waals surface area contributed by atoms with Gasteiger partial charge in [-0.1, -0.05) is 20.8 Å². The molecule has 1 atom stereocenters. The van der Waals surface area contributed by atoms with Crippen molar-refractivity contribution >= 4 is 6.03 Å². The first-order valence-electron chi connectivity index (χ1n) is 6.54. The van der Waals surface area contributed by atoms with Crippen molar-refractivity contribution in [1.82, 2.24) is 9.80 Å². The van der Waals surface area contributed by atoms with Crippen LogP contribution in [0.1, 0.15) is 46.5 Å². The summed E-state index contributed by atoms with van der Waals surface area (Å²) >= 11 is 0. The lowest BCUT2D eigenvalue weighted by atomic mass is 9.91. The number of nitrogens with zero attached hydrogens (tertiary/aromatic N) is 2. The predicted octanol–water partition coefficient (Wildman–Crippen LogP) is 2.96. The summed E-state index contributed by atoms with van der Waals surface area (Å²) in [4.78, 5) is 15.7. The lowest BCUT2D eigenvalue weighted by Crippen LogP contribution is -2.51. The molecule has 0 radical (unpaired) electrons. The number of likely N-dealkylation sites (tertiary alicyclic amines) is 1. The SMILES string of the molecule is CC.CC1CCN(C(=O)N(C)C)C2(CC2)C1. The van der Waals surface area contributed by atoms with Gasteiger partial charge < -0.3 is 9.80 Å². The average molecular weight is 226 g/mol. The number of hydrogen-bond donors (Lipinski definition) is 0. The highest BCUT2D eigenvalue weighted by molar-refractivity contribution is 5.75. The van der Waals surface area contributed by atoms with Crippen LogP contribution in [0.2, 0.25) is 0 Å². The number of amides is 2. The average Bonchev–Trinajstić information content (AvgIpc) is 3.00. The van der Waals surface area contributed by atoms with Gasteiger partial charge in [-0.05, 0) is 31.6 Å². The van der Waals surface area contributed by atoms with E-state index in [9.17, 15) is 4.79 Å². The van der Waals surface area contributed by atoms with Crippen LogP contribution in [0.4, 0.5) is 4.79 Å². The molecule has 1 spiro atoms. The topological polar surface area (TPSA) is 23.6 Å². The molecule has 1 heterocycles. The molecule has 1 aliphatic heterocycles. The number of piperidine rings is 1. The van der Waals surface area contributed by atoms with E-state index in [2.05, 4.69) is 11.8 Å². The van der Waals surface area contributed by atoms with Crippen LogP contribution >= 0.6 is 0 Å². The molecule has 0 aromatic rings. The van der Waals surface area contributed by atoms with Crippen LogP contribution in [0.3, 0.4) is 0 Å². The Morgan fingerprint density at radius 2 is 1.88 bits per heavy atom. The maximum absolute atomic E-state index is 11.9. The van der Waals surface area contributed by atoms with Crippen molar-refractivity contribution in [3.63, 3.8) is 0 Å². The zero-order chi connectivity index (χ0) is 12.3. The molecule has 1 saturated heterocycles. The monoisotopic (exact) mass is 226 g/mol. The van der Waals surface area contributed by atoms with Crippen molar-refractivity contribution in [1.29, 1.82) is 0 Å². The van der Waals surface area contributed by atoms with Gasteiger partial charge in [0.05, 0.1) is 0 Å². The summed E-state index contributed by atoms with van der Waals surface area (Å²) in [5.41, 5.74) is 0.263. The molecule has 2 fully saturated rings. The largest absolute Gasteiger partial charge is 0.331 e. The number of carbonyl (C=O) groups excluding carboxylic acids is 1. The normalized spacial score (nSPS) is 25.8. The van der Waals surface area contributed by atoms with Gasteiger partial charge in [-0.3, -0.25) is 0 Å². The number of urea groups is 1. The summed E-state index contributed by atoms with van der Waals surface area (Å²) in [5.74, 6) is 0.795. The Balaban J connectivity index is 0.000000606. The van der Waals surface area contributed by atoms with Crippen LogP contribution in [0, 0.1) is 5.92 Å². The first-order valence-corrected chi connectivity index (χ1v) is 6.54. The second-order valence-corrected chi connectivity index (χ2v) is 5.15. The van der Waals surface area contributed by atoms with E-state index in [-0.39, 0.29) is 11.6 Å². The Bertz CT molecular complexity index is 246. The van der Waals surface area contributed by atoms with E-state index >= 15 is 0 Å². The third-order valence-electron chi connectivity index (χ3n) is 3.59. The summed E-state index contributed by atoms with van der Waals surface area (Å²) in [5, 5.41) is 0. The molecule has 3 heteroatoms. The molecule has 0 aromatic carbocycles. The van der Waals surface area contributed by atoms with Gasteiger partial charge in [-0.15, -0.1) is 0 Å². The molecule has 3 nitrogen and oxygen atoms in total. The minimum Gasteiger partial charge on any atom is -0.331 e. The van der Waals surface area contributed by atoms with E-state index in [0.717, 1.165) is 12.5 Å². The Hall–Kier alpha value is -0.730. The Labute approximate surface area is 99.8 Å². The zero-order valence-electron chi connectivity index (χ0n) is 11.4. The molecule has 0 aromatic heterocycles. The van der Waals surface area contributed by atoms with Gasteiger partial charge in [0.1, 0.15) is 0 Å². The van der Waals surface area contributed by atoms with Gasteiger partial charge in [0.2, 0.25) is 0 Å². The lowest BCUT2D eigenvalue weighted by Gasteiger charge is -2.40. The fourth-order valence-electron chi connectivity index (χ4n) is 2.61. The number of carbonyl (C=O) groups is 1. The highest BCUT2D eigenvalue weighted by Gasteiger charge is 2.52. The van der Waals surface area contributed by atoms with E-state index in [0.29, 0.717) is 0 Å². The van der Waals surface area contributed by atoms with Crippen molar-refractivity contribution < 1.29 is 4.79 Å². The third-order valence-corrected chi connectivity index (χ3v) is 3.59. The van der Waals surface area contributed by atoms with Gasteiger partial charge in [-0.2, -0.15) is 0 Å². The fraction of sp³-hybridized carbons (Fsp3) is 0.923. The molecular weight excluding hydrogens is 200 g/mol. The van der Waals surface area contributed by atoms with Crippen molar-refractivity contribution in [2.24, 2.45) is 5.92 Å². The van der Waals surface area contributed by atoms with E-state index in [1.54, 1.807) is 4.90 Å². The Morgan fingerprint density at radius 1 is 1.31 bits per heavy atom. The van der Waals surface area contributed by atoms with Crippen LogP contribution in [0.25, 0.3) is 0 Å². The van der Waals surface area contributed by atoms with Gasteiger partial charge >= 0.3 is 6.03 Å². The Morgan fingerprint density at radius 3 is 2.31 bits per heavy atom. The van der Waals surface area contributed by atoms with Crippen molar-refractivity contribution in [3.05, 3.63) is 0 Å². The summed E-state index contributed by atoms with van der Waals surface area (Å²) in [7, 11) is 3.69.